The van der Waals surface area contributed by atoms with E-state index in [9.17, 15) is 9.59 Å². The normalized spacial score (nSPS) is 15.6. The first-order valence-corrected chi connectivity index (χ1v) is 7.27. The van der Waals surface area contributed by atoms with Crippen LogP contribution in [0, 0.1) is 13.8 Å². The van der Waals surface area contributed by atoms with Crippen molar-refractivity contribution < 1.29 is 9.59 Å². The average Bonchev–Trinajstić information content (AvgIpc) is 2.46. The number of rotatable bonds is 2. The van der Waals surface area contributed by atoms with Crippen molar-refractivity contribution in [3.05, 3.63) is 41.0 Å². The molecule has 2 amide bonds. The third-order valence-electron chi connectivity index (χ3n) is 3.87. The van der Waals surface area contributed by atoms with Crippen LogP contribution in [0.5, 0.6) is 0 Å². The Labute approximate surface area is 126 Å². The number of piperazine rings is 1. The summed E-state index contributed by atoms with van der Waals surface area (Å²) in [5.41, 5.74) is 3.45. The Kier molecular flexibility index (Phi) is 4.78. The minimum Gasteiger partial charge on any atom is -0.339 e. The maximum atomic E-state index is 12.2. The second kappa shape index (κ2) is 6.57. The van der Waals surface area contributed by atoms with Crippen LogP contribution in [0.4, 0.5) is 0 Å². The Morgan fingerprint density at radius 3 is 2.24 bits per heavy atom. The molecule has 0 unspecified atom stereocenters. The molecule has 1 fully saturated rings. The predicted molar refractivity (Wildman–Crippen MR) is 83.8 cm³/mol. The summed E-state index contributed by atoms with van der Waals surface area (Å²) in [4.78, 5) is 27.0. The summed E-state index contributed by atoms with van der Waals surface area (Å²) in [6.07, 6.45) is 3.50. The van der Waals surface area contributed by atoms with Gasteiger partial charge in [-0.3, -0.25) is 9.59 Å². The first-order valence-electron chi connectivity index (χ1n) is 7.27. The lowest BCUT2D eigenvalue weighted by Crippen LogP contribution is -2.49. The molecule has 112 valence electrons. The Balaban J connectivity index is 1.95. The van der Waals surface area contributed by atoms with Crippen molar-refractivity contribution in [2.24, 2.45) is 0 Å². The van der Waals surface area contributed by atoms with Gasteiger partial charge in [-0.15, -0.1) is 0 Å². The highest BCUT2D eigenvalue weighted by atomic mass is 16.2. The number of aryl methyl sites for hydroxylation is 2. The summed E-state index contributed by atoms with van der Waals surface area (Å²) in [7, 11) is 0. The van der Waals surface area contributed by atoms with E-state index in [1.807, 2.05) is 25.1 Å². The zero-order valence-corrected chi connectivity index (χ0v) is 12.9. The van der Waals surface area contributed by atoms with Crippen molar-refractivity contribution in [2.75, 3.05) is 26.2 Å². The van der Waals surface area contributed by atoms with Crippen molar-refractivity contribution >= 4 is 17.9 Å². The van der Waals surface area contributed by atoms with Crippen molar-refractivity contribution in [1.82, 2.24) is 9.80 Å². The van der Waals surface area contributed by atoms with E-state index in [1.165, 1.54) is 11.1 Å². The van der Waals surface area contributed by atoms with Crippen LogP contribution >= 0.6 is 0 Å². The van der Waals surface area contributed by atoms with Crippen molar-refractivity contribution in [2.45, 2.75) is 20.8 Å². The smallest absolute Gasteiger partial charge is 0.246 e. The molecule has 0 aromatic heterocycles. The van der Waals surface area contributed by atoms with Gasteiger partial charge in [-0.2, -0.15) is 0 Å². The van der Waals surface area contributed by atoms with Crippen LogP contribution in [0.25, 0.3) is 6.08 Å². The maximum absolute atomic E-state index is 12.2. The van der Waals surface area contributed by atoms with Crippen molar-refractivity contribution in [3.63, 3.8) is 0 Å². The lowest BCUT2D eigenvalue weighted by Gasteiger charge is -2.33. The highest BCUT2D eigenvalue weighted by molar-refractivity contribution is 5.92. The third-order valence-corrected chi connectivity index (χ3v) is 3.87. The topological polar surface area (TPSA) is 40.6 Å². The molecule has 1 aromatic rings. The van der Waals surface area contributed by atoms with Crippen LogP contribution in [-0.4, -0.2) is 47.8 Å². The first-order chi connectivity index (χ1) is 9.97. The van der Waals surface area contributed by atoms with Crippen molar-refractivity contribution in [3.8, 4) is 0 Å². The average molecular weight is 286 g/mol. The van der Waals surface area contributed by atoms with Crippen LogP contribution < -0.4 is 0 Å². The molecule has 1 heterocycles. The van der Waals surface area contributed by atoms with E-state index >= 15 is 0 Å². The van der Waals surface area contributed by atoms with Gasteiger partial charge in [-0.25, -0.2) is 0 Å². The number of carbonyl (C=O) groups excluding carboxylic acids is 2. The standard InChI is InChI=1S/C17H22N2O2/c1-13-4-5-16(14(2)12-13)6-7-17(21)19-10-8-18(9-11-19)15(3)20/h4-7,12H,8-11H2,1-3H3. The van der Waals surface area contributed by atoms with Gasteiger partial charge in [0.05, 0.1) is 0 Å². The van der Waals surface area contributed by atoms with Crippen LogP contribution in [-0.2, 0) is 9.59 Å². The van der Waals surface area contributed by atoms with Gasteiger partial charge in [-0.05, 0) is 31.1 Å². The Bertz CT molecular complexity index is 570. The van der Waals surface area contributed by atoms with E-state index in [0.29, 0.717) is 26.2 Å². The molecular weight excluding hydrogens is 264 g/mol. The van der Waals surface area contributed by atoms with Crippen LogP contribution in [0.1, 0.15) is 23.6 Å². The quantitative estimate of drug-likeness (QED) is 0.780. The summed E-state index contributed by atoms with van der Waals surface area (Å²) in [6.45, 7) is 8.13. The predicted octanol–water partition coefficient (Wildman–Crippen LogP) is 2.01. The van der Waals surface area contributed by atoms with E-state index < -0.39 is 0 Å². The summed E-state index contributed by atoms with van der Waals surface area (Å²) < 4.78 is 0. The molecule has 0 spiro atoms. The molecule has 0 atom stereocenters. The van der Waals surface area contributed by atoms with Gasteiger partial charge in [0, 0.05) is 39.2 Å². The molecule has 0 aliphatic carbocycles. The fourth-order valence-electron chi connectivity index (χ4n) is 2.52. The van der Waals surface area contributed by atoms with Gasteiger partial charge < -0.3 is 9.80 Å². The van der Waals surface area contributed by atoms with E-state index in [2.05, 4.69) is 13.0 Å². The number of hydrogen-bond acceptors (Lipinski definition) is 2. The van der Waals surface area contributed by atoms with Gasteiger partial charge in [0.25, 0.3) is 0 Å². The van der Waals surface area contributed by atoms with E-state index in [-0.39, 0.29) is 11.8 Å². The molecule has 2 rings (SSSR count). The Morgan fingerprint density at radius 1 is 1.05 bits per heavy atom. The Morgan fingerprint density at radius 2 is 1.67 bits per heavy atom. The molecule has 0 N–H and O–H groups in total. The highest BCUT2D eigenvalue weighted by Gasteiger charge is 2.20. The summed E-state index contributed by atoms with van der Waals surface area (Å²) in [5.74, 6) is 0.0890. The summed E-state index contributed by atoms with van der Waals surface area (Å²) in [5, 5.41) is 0. The molecule has 0 saturated carbocycles. The first kappa shape index (κ1) is 15.3. The van der Waals surface area contributed by atoms with Gasteiger partial charge in [0.15, 0.2) is 0 Å². The van der Waals surface area contributed by atoms with Crippen LogP contribution in [0.3, 0.4) is 0 Å². The van der Waals surface area contributed by atoms with Crippen LogP contribution in [0.15, 0.2) is 24.3 Å². The van der Waals surface area contributed by atoms with E-state index in [4.69, 9.17) is 0 Å². The number of carbonyl (C=O) groups is 2. The molecule has 21 heavy (non-hydrogen) atoms. The molecule has 4 nitrogen and oxygen atoms in total. The minimum atomic E-state index is 0.0122. The zero-order valence-electron chi connectivity index (χ0n) is 12.9. The molecule has 0 bridgehead atoms. The number of amides is 2. The molecule has 1 aliphatic heterocycles. The third kappa shape index (κ3) is 3.94. The SMILES string of the molecule is CC(=O)N1CCN(C(=O)C=Cc2ccc(C)cc2C)CC1. The second-order valence-corrected chi connectivity index (χ2v) is 5.52. The lowest BCUT2D eigenvalue weighted by molar-refractivity contribution is -0.135. The fraction of sp³-hybridized carbons (Fsp3) is 0.412. The van der Waals surface area contributed by atoms with E-state index in [0.717, 1.165) is 5.56 Å². The number of hydrogen-bond donors (Lipinski definition) is 0. The van der Waals surface area contributed by atoms with Gasteiger partial charge in [0.1, 0.15) is 0 Å². The van der Waals surface area contributed by atoms with Crippen molar-refractivity contribution in [1.29, 1.82) is 0 Å². The molecule has 0 radical (unpaired) electrons. The number of nitrogens with zero attached hydrogens (tertiary/aromatic N) is 2. The molecule has 1 aliphatic rings. The monoisotopic (exact) mass is 286 g/mol. The maximum Gasteiger partial charge on any atom is 0.246 e. The fourth-order valence-corrected chi connectivity index (χ4v) is 2.52. The highest BCUT2D eigenvalue weighted by Crippen LogP contribution is 2.12. The largest absolute Gasteiger partial charge is 0.339 e. The molecular formula is C17H22N2O2. The van der Waals surface area contributed by atoms with Gasteiger partial charge in [-0.1, -0.05) is 23.8 Å². The molecule has 4 heteroatoms. The lowest BCUT2D eigenvalue weighted by atomic mass is 10.1. The zero-order chi connectivity index (χ0) is 15.4. The molecule has 1 aromatic carbocycles. The molecule has 1 saturated heterocycles. The summed E-state index contributed by atoms with van der Waals surface area (Å²) in [6, 6.07) is 6.18. The minimum absolute atomic E-state index is 0.0122. The second-order valence-electron chi connectivity index (χ2n) is 5.52. The number of benzene rings is 1. The van der Waals surface area contributed by atoms with E-state index in [1.54, 1.807) is 22.8 Å². The van der Waals surface area contributed by atoms with Crippen LogP contribution in [0.2, 0.25) is 0 Å². The Hall–Kier alpha value is -2.10. The van der Waals surface area contributed by atoms with Gasteiger partial charge in [0.2, 0.25) is 11.8 Å². The summed E-state index contributed by atoms with van der Waals surface area (Å²) >= 11 is 0. The van der Waals surface area contributed by atoms with Gasteiger partial charge >= 0.3 is 0 Å².